The highest BCUT2D eigenvalue weighted by molar-refractivity contribution is 6.31. The summed E-state index contributed by atoms with van der Waals surface area (Å²) in [6.07, 6.45) is 0.161. The third-order valence-electron chi connectivity index (χ3n) is 2.23. The summed E-state index contributed by atoms with van der Waals surface area (Å²) in [6.45, 7) is 3.23. The third kappa shape index (κ3) is 2.42. The maximum absolute atomic E-state index is 11.0. The summed E-state index contributed by atoms with van der Waals surface area (Å²) in [7, 11) is 1.44. The molecule has 0 amide bonds. The van der Waals surface area contributed by atoms with E-state index in [2.05, 4.69) is 0 Å². The number of benzene rings is 1. The predicted octanol–water partition coefficient (Wildman–Crippen LogP) is 2.49. The van der Waals surface area contributed by atoms with Crippen LogP contribution < -0.4 is 4.74 Å². The van der Waals surface area contributed by atoms with Crippen molar-refractivity contribution >= 4 is 17.4 Å². The van der Waals surface area contributed by atoms with Crippen molar-refractivity contribution in [2.45, 2.75) is 20.3 Å². The van der Waals surface area contributed by atoms with Gasteiger partial charge in [0.25, 0.3) is 0 Å². The smallest absolute Gasteiger partial charge is 0.162 e. The van der Waals surface area contributed by atoms with Crippen LogP contribution in [0.3, 0.4) is 0 Å². The van der Waals surface area contributed by atoms with E-state index >= 15 is 0 Å². The Balaban J connectivity index is 3.33. The minimum atomic E-state index is -0.0299. The third-order valence-corrected chi connectivity index (χ3v) is 2.63. The van der Waals surface area contributed by atoms with Crippen molar-refractivity contribution in [1.82, 2.24) is 0 Å². The highest BCUT2D eigenvalue weighted by atomic mass is 35.5. The number of phenolic OH excluding ortho intramolecular Hbond substituents is 1. The van der Waals surface area contributed by atoms with E-state index in [1.165, 1.54) is 20.1 Å². The molecule has 0 heterocycles. The number of aromatic hydroxyl groups is 1. The van der Waals surface area contributed by atoms with Gasteiger partial charge < -0.3 is 9.84 Å². The van der Waals surface area contributed by atoms with Crippen LogP contribution in [0.15, 0.2) is 6.07 Å². The van der Waals surface area contributed by atoms with Gasteiger partial charge in [-0.25, -0.2) is 0 Å². The molecule has 0 saturated carbocycles. The fraction of sp³-hybridized carbons (Fsp3) is 0.364. The zero-order chi connectivity index (χ0) is 11.6. The van der Waals surface area contributed by atoms with E-state index < -0.39 is 0 Å². The summed E-state index contributed by atoms with van der Waals surface area (Å²) < 4.78 is 4.96. The standard InChI is InChI=1S/C11H13ClO3/c1-6(13)4-8-7(2)9(12)5-10(15-3)11(8)14/h5,14H,4H2,1-3H3. The van der Waals surface area contributed by atoms with Gasteiger partial charge in [-0.2, -0.15) is 0 Å². The highest BCUT2D eigenvalue weighted by Gasteiger charge is 2.15. The average molecular weight is 229 g/mol. The molecular weight excluding hydrogens is 216 g/mol. The molecule has 0 bridgehead atoms. The summed E-state index contributed by atoms with van der Waals surface area (Å²) >= 11 is 5.95. The molecule has 3 nitrogen and oxygen atoms in total. The van der Waals surface area contributed by atoms with Crippen LogP contribution in [0.1, 0.15) is 18.1 Å². The van der Waals surface area contributed by atoms with E-state index in [1.54, 1.807) is 6.92 Å². The molecule has 82 valence electrons. The molecule has 0 radical (unpaired) electrons. The lowest BCUT2D eigenvalue weighted by molar-refractivity contribution is -0.116. The number of methoxy groups -OCH3 is 1. The molecule has 0 atom stereocenters. The minimum absolute atomic E-state index is 0.00500. The number of carbonyl (C=O) groups is 1. The van der Waals surface area contributed by atoms with Crippen molar-refractivity contribution in [3.05, 3.63) is 22.2 Å². The molecule has 4 heteroatoms. The second-order valence-corrected chi connectivity index (χ2v) is 3.80. The number of hydrogen-bond acceptors (Lipinski definition) is 3. The van der Waals surface area contributed by atoms with Gasteiger partial charge >= 0.3 is 0 Å². The molecule has 1 rings (SSSR count). The molecule has 0 aliphatic rings. The number of ketones is 1. The molecule has 0 fully saturated rings. The van der Waals surface area contributed by atoms with Gasteiger partial charge in [-0.05, 0) is 19.4 Å². The number of rotatable bonds is 3. The van der Waals surface area contributed by atoms with Crippen molar-refractivity contribution < 1.29 is 14.6 Å². The van der Waals surface area contributed by atoms with E-state index in [4.69, 9.17) is 16.3 Å². The van der Waals surface area contributed by atoms with Crippen molar-refractivity contribution in [2.75, 3.05) is 7.11 Å². The molecule has 0 aliphatic carbocycles. The van der Waals surface area contributed by atoms with Crippen molar-refractivity contribution in [3.8, 4) is 11.5 Å². The van der Waals surface area contributed by atoms with Gasteiger partial charge in [0.2, 0.25) is 0 Å². The van der Waals surface area contributed by atoms with Gasteiger partial charge in [-0.15, -0.1) is 0 Å². The molecule has 1 aromatic carbocycles. The van der Waals surface area contributed by atoms with Gasteiger partial charge in [-0.3, -0.25) is 4.79 Å². The molecule has 0 spiro atoms. The Bertz CT molecular complexity index is 399. The van der Waals surface area contributed by atoms with E-state index in [1.807, 2.05) is 0 Å². The first-order valence-electron chi connectivity index (χ1n) is 4.51. The van der Waals surface area contributed by atoms with Crippen LogP contribution in [-0.4, -0.2) is 18.0 Å². The Morgan fingerprint density at radius 2 is 2.20 bits per heavy atom. The fourth-order valence-corrected chi connectivity index (χ4v) is 1.60. The average Bonchev–Trinajstić information content (AvgIpc) is 2.18. The number of hydrogen-bond donors (Lipinski definition) is 1. The van der Waals surface area contributed by atoms with Crippen LogP contribution in [0.4, 0.5) is 0 Å². The number of phenols is 1. The largest absolute Gasteiger partial charge is 0.504 e. The summed E-state index contributed by atoms with van der Waals surface area (Å²) in [4.78, 5) is 11.0. The number of carbonyl (C=O) groups excluding carboxylic acids is 1. The quantitative estimate of drug-likeness (QED) is 0.865. The van der Waals surface area contributed by atoms with Crippen molar-refractivity contribution in [2.24, 2.45) is 0 Å². The van der Waals surface area contributed by atoms with Gasteiger partial charge in [0.05, 0.1) is 7.11 Å². The molecule has 1 N–H and O–H groups in total. The molecule has 0 saturated heterocycles. The number of ether oxygens (including phenoxy) is 1. The SMILES string of the molecule is COc1cc(Cl)c(C)c(CC(C)=O)c1O. The first kappa shape index (κ1) is 11.9. The normalized spacial score (nSPS) is 10.1. The first-order chi connectivity index (χ1) is 6.97. The molecule has 15 heavy (non-hydrogen) atoms. The van der Waals surface area contributed by atoms with E-state index in [9.17, 15) is 9.90 Å². The number of halogens is 1. The lowest BCUT2D eigenvalue weighted by atomic mass is 10.0. The van der Waals surface area contributed by atoms with Crippen LogP contribution in [0, 0.1) is 6.92 Å². The Labute approximate surface area is 93.6 Å². The Morgan fingerprint density at radius 1 is 1.60 bits per heavy atom. The van der Waals surface area contributed by atoms with Crippen LogP contribution in [0.2, 0.25) is 5.02 Å². The van der Waals surface area contributed by atoms with Crippen molar-refractivity contribution in [3.63, 3.8) is 0 Å². The van der Waals surface area contributed by atoms with E-state index in [0.29, 0.717) is 21.9 Å². The van der Waals surface area contributed by atoms with Crippen LogP contribution >= 0.6 is 11.6 Å². The molecule has 0 unspecified atom stereocenters. The van der Waals surface area contributed by atoms with Gasteiger partial charge in [0.15, 0.2) is 11.5 Å². The first-order valence-corrected chi connectivity index (χ1v) is 4.89. The molecular formula is C11H13ClO3. The Morgan fingerprint density at radius 3 is 2.67 bits per heavy atom. The zero-order valence-corrected chi connectivity index (χ0v) is 9.68. The molecule has 1 aromatic rings. The van der Waals surface area contributed by atoms with Gasteiger partial charge in [0.1, 0.15) is 5.78 Å². The van der Waals surface area contributed by atoms with Crippen LogP contribution in [0.5, 0.6) is 11.5 Å². The van der Waals surface area contributed by atoms with E-state index in [0.717, 1.165) is 0 Å². The summed E-state index contributed by atoms with van der Waals surface area (Å²) in [5.41, 5.74) is 1.25. The van der Waals surface area contributed by atoms with Crippen LogP contribution in [-0.2, 0) is 11.2 Å². The summed E-state index contributed by atoms with van der Waals surface area (Å²) in [5, 5.41) is 10.3. The summed E-state index contributed by atoms with van der Waals surface area (Å²) in [6, 6.07) is 1.54. The Kier molecular flexibility index (Phi) is 3.58. The summed E-state index contributed by atoms with van der Waals surface area (Å²) in [5.74, 6) is 0.258. The number of Topliss-reactive ketones (excluding diaryl/α,β-unsaturated/α-hetero) is 1. The van der Waals surface area contributed by atoms with Gasteiger partial charge in [-0.1, -0.05) is 11.6 Å². The maximum atomic E-state index is 11.0. The van der Waals surface area contributed by atoms with Crippen molar-refractivity contribution in [1.29, 1.82) is 0 Å². The zero-order valence-electron chi connectivity index (χ0n) is 8.93. The molecule has 0 aromatic heterocycles. The second-order valence-electron chi connectivity index (χ2n) is 3.39. The van der Waals surface area contributed by atoms with E-state index in [-0.39, 0.29) is 18.0 Å². The maximum Gasteiger partial charge on any atom is 0.162 e. The lowest BCUT2D eigenvalue weighted by Crippen LogP contribution is -2.01. The topological polar surface area (TPSA) is 46.5 Å². The lowest BCUT2D eigenvalue weighted by Gasteiger charge is -2.12. The minimum Gasteiger partial charge on any atom is -0.504 e. The van der Waals surface area contributed by atoms with Gasteiger partial charge in [0, 0.05) is 23.1 Å². The second kappa shape index (κ2) is 4.53. The monoisotopic (exact) mass is 228 g/mol. The fourth-order valence-electron chi connectivity index (χ4n) is 1.38. The Hall–Kier alpha value is -1.22. The molecule has 0 aliphatic heterocycles. The van der Waals surface area contributed by atoms with Crippen LogP contribution in [0.25, 0.3) is 0 Å². The highest BCUT2D eigenvalue weighted by Crippen LogP contribution is 2.37. The predicted molar refractivity (Wildman–Crippen MR) is 58.8 cm³/mol.